The molecule has 0 N–H and O–H groups in total. The molecule has 0 aliphatic carbocycles. The average Bonchev–Trinajstić information content (AvgIpc) is 2.60. The molecule has 1 aliphatic rings. The zero-order chi connectivity index (χ0) is 15.2. The van der Waals surface area contributed by atoms with Gasteiger partial charge in [0.15, 0.2) is 0 Å². The van der Waals surface area contributed by atoms with Crippen molar-refractivity contribution >= 4 is 21.4 Å². The number of benzene rings is 3. The molecule has 4 rings (SSSR count). The van der Waals surface area contributed by atoms with Gasteiger partial charge in [0, 0.05) is 16.8 Å². The lowest BCUT2D eigenvalue weighted by Gasteiger charge is -2.46. The Bertz CT molecular complexity index is 778. The lowest BCUT2D eigenvalue weighted by Crippen LogP contribution is -2.20. The van der Waals surface area contributed by atoms with Crippen molar-refractivity contribution in [2.24, 2.45) is 0 Å². The Kier molecular flexibility index (Phi) is 3.02. The molecular formula is C20H19NS. The maximum Gasteiger partial charge on any atom is 0.0537 e. The van der Waals surface area contributed by atoms with Gasteiger partial charge in [-0.2, -0.15) is 10.0 Å². The number of hydrogen-bond donors (Lipinski definition) is 0. The van der Waals surface area contributed by atoms with Gasteiger partial charge in [0.2, 0.25) is 0 Å². The van der Waals surface area contributed by atoms with Crippen LogP contribution in [0.4, 0.5) is 11.4 Å². The van der Waals surface area contributed by atoms with Gasteiger partial charge in [0.1, 0.15) is 0 Å². The van der Waals surface area contributed by atoms with E-state index in [1.165, 1.54) is 26.1 Å². The van der Waals surface area contributed by atoms with Crippen molar-refractivity contribution in [1.82, 2.24) is 0 Å². The number of nitrogens with zero attached hydrogens (tertiary/aromatic N) is 1. The topological polar surface area (TPSA) is 3.24 Å². The van der Waals surface area contributed by atoms with Crippen molar-refractivity contribution in [2.75, 3.05) is 18.2 Å². The average molecular weight is 305 g/mol. The van der Waals surface area contributed by atoms with Crippen LogP contribution in [-0.4, -0.2) is 13.3 Å². The van der Waals surface area contributed by atoms with Crippen LogP contribution in [0.5, 0.6) is 0 Å². The number of fused-ring (bicyclic) bond motifs is 2. The quantitative estimate of drug-likeness (QED) is 0.559. The lowest BCUT2D eigenvalue weighted by atomic mass is 10.2. The van der Waals surface area contributed by atoms with Crippen LogP contribution in [0.25, 0.3) is 0 Å². The molecule has 0 aromatic heterocycles. The molecule has 0 amide bonds. The Balaban J connectivity index is 2.09. The van der Waals surface area contributed by atoms with Crippen molar-refractivity contribution < 1.29 is 0 Å². The van der Waals surface area contributed by atoms with Gasteiger partial charge >= 0.3 is 0 Å². The maximum absolute atomic E-state index is 2.42. The van der Waals surface area contributed by atoms with Gasteiger partial charge < -0.3 is 4.90 Å². The van der Waals surface area contributed by atoms with Crippen LogP contribution in [0.2, 0.25) is 0 Å². The summed E-state index contributed by atoms with van der Waals surface area (Å²) in [6, 6.07) is 28.6. The van der Waals surface area contributed by atoms with E-state index in [-0.39, 0.29) is 0 Å². The van der Waals surface area contributed by atoms with E-state index < -0.39 is 10.0 Å². The molecule has 0 atom stereocenters. The van der Waals surface area contributed by atoms with Gasteiger partial charge in [-0.15, -0.1) is 0 Å². The van der Waals surface area contributed by atoms with Crippen LogP contribution in [0.1, 0.15) is 0 Å². The Labute approximate surface area is 133 Å². The highest BCUT2D eigenvalue weighted by molar-refractivity contribution is 8.33. The van der Waals surface area contributed by atoms with Crippen LogP contribution in [-0.2, 0) is 0 Å². The molecule has 0 saturated carbocycles. The molecule has 1 nitrogen and oxygen atoms in total. The smallest absolute Gasteiger partial charge is 0.0537 e. The molecule has 110 valence electrons. The third-order valence-corrected chi connectivity index (χ3v) is 8.21. The molecule has 0 fully saturated rings. The van der Waals surface area contributed by atoms with Gasteiger partial charge in [-0.1, -0.05) is 42.5 Å². The second-order valence-corrected chi connectivity index (χ2v) is 8.91. The molecule has 3 aromatic carbocycles. The van der Waals surface area contributed by atoms with Crippen molar-refractivity contribution in [2.45, 2.75) is 14.7 Å². The summed E-state index contributed by atoms with van der Waals surface area (Å²) in [6.07, 6.45) is 2.42. The molecule has 0 radical (unpaired) electrons. The summed E-state index contributed by atoms with van der Waals surface area (Å²) < 4.78 is 0. The normalized spacial score (nSPS) is 16.5. The van der Waals surface area contributed by atoms with Gasteiger partial charge in [-0.05, 0) is 47.5 Å². The fourth-order valence-electron chi connectivity index (χ4n) is 3.35. The Morgan fingerprint density at radius 3 is 1.64 bits per heavy atom. The molecule has 1 heterocycles. The first kappa shape index (κ1) is 13.5. The number of rotatable bonds is 1. The van der Waals surface area contributed by atoms with Gasteiger partial charge in [0.25, 0.3) is 0 Å². The van der Waals surface area contributed by atoms with Crippen molar-refractivity contribution in [3.8, 4) is 0 Å². The highest BCUT2D eigenvalue weighted by Gasteiger charge is 2.35. The minimum absolute atomic E-state index is 1.21. The second kappa shape index (κ2) is 4.92. The summed E-state index contributed by atoms with van der Waals surface area (Å²) >= 11 is 0. The molecular weight excluding hydrogens is 286 g/mol. The minimum atomic E-state index is -1.21. The predicted molar refractivity (Wildman–Crippen MR) is 95.7 cm³/mol. The van der Waals surface area contributed by atoms with Crippen molar-refractivity contribution in [3.63, 3.8) is 0 Å². The van der Waals surface area contributed by atoms with E-state index in [0.717, 1.165) is 0 Å². The molecule has 2 heteroatoms. The minimum Gasteiger partial charge on any atom is -0.343 e. The van der Waals surface area contributed by atoms with Crippen LogP contribution in [0.15, 0.2) is 93.5 Å². The monoisotopic (exact) mass is 305 g/mol. The van der Waals surface area contributed by atoms with Gasteiger partial charge in [-0.25, -0.2) is 0 Å². The SMILES string of the molecule is CN1c2ccccc2S(C)(c2ccccc2)c2ccccc21. The summed E-state index contributed by atoms with van der Waals surface area (Å²) in [5.74, 6) is 0. The van der Waals surface area contributed by atoms with Gasteiger partial charge in [-0.3, -0.25) is 0 Å². The largest absolute Gasteiger partial charge is 0.343 e. The first-order valence-corrected chi connectivity index (χ1v) is 9.52. The number of para-hydroxylation sites is 2. The van der Waals surface area contributed by atoms with E-state index in [2.05, 4.69) is 97.1 Å². The van der Waals surface area contributed by atoms with Crippen molar-refractivity contribution in [1.29, 1.82) is 0 Å². The van der Waals surface area contributed by atoms with Crippen LogP contribution in [0, 0.1) is 0 Å². The van der Waals surface area contributed by atoms with E-state index >= 15 is 0 Å². The van der Waals surface area contributed by atoms with Crippen molar-refractivity contribution in [3.05, 3.63) is 78.9 Å². The van der Waals surface area contributed by atoms with Crippen LogP contribution < -0.4 is 4.90 Å². The third kappa shape index (κ3) is 1.74. The van der Waals surface area contributed by atoms with Gasteiger partial charge in [0.05, 0.1) is 11.4 Å². The first-order chi connectivity index (χ1) is 10.7. The first-order valence-electron chi connectivity index (χ1n) is 7.48. The summed E-state index contributed by atoms with van der Waals surface area (Å²) in [4.78, 5) is 6.63. The Morgan fingerprint density at radius 2 is 1.09 bits per heavy atom. The van der Waals surface area contributed by atoms with E-state index in [1.807, 2.05) is 0 Å². The maximum atomic E-state index is 2.42. The standard InChI is InChI=1S/C20H19NS/c1-21-17-12-6-8-14-19(17)22(2,16-10-4-3-5-11-16)20-15-9-7-13-18(20)21/h3-15H,1-2H3. The number of anilines is 2. The number of hydrogen-bond acceptors (Lipinski definition) is 1. The second-order valence-electron chi connectivity index (χ2n) is 5.73. The van der Waals surface area contributed by atoms with Crippen LogP contribution >= 0.6 is 10.0 Å². The Morgan fingerprint density at radius 1 is 0.636 bits per heavy atom. The molecule has 22 heavy (non-hydrogen) atoms. The summed E-state index contributed by atoms with van der Waals surface area (Å²) in [7, 11) is 0.956. The summed E-state index contributed by atoms with van der Waals surface area (Å²) in [6.45, 7) is 0. The van der Waals surface area contributed by atoms with E-state index in [0.29, 0.717) is 0 Å². The molecule has 1 aliphatic heterocycles. The predicted octanol–water partition coefficient (Wildman–Crippen LogP) is 5.68. The molecule has 0 saturated heterocycles. The highest BCUT2D eigenvalue weighted by Crippen LogP contribution is 2.72. The fourth-order valence-corrected chi connectivity index (χ4v) is 6.75. The highest BCUT2D eigenvalue weighted by atomic mass is 32.3. The van der Waals surface area contributed by atoms with E-state index in [4.69, 9.17) is 0 Å². The molecule has 3 aromatic rings. The Hall–Kier alpha value is -2.19. The molecule has 0 bridgehead atoms. The molecule has 0 unspecified atom stereocenters. The molecule has 0 spiro atoms. The van der Waals surface area contributed by atoms with Crippen LogP contribution in [0.3, 0.4) is 0 Å². The van der Waals surface area contributed by atoms with E-state index in [9.17, 15) is 0 Å². The lowest BCUT2D eigenvalue weighted by molar-refractivity contribution is 1.09. The summed E-state index contributed by atoms with van der Waals surface area (Å²) in [5.41, 5.74) is 2.64. The third-order valence-electron chi connectivity index (χ3n) is 4.55. The zero-order valence-corrected chi connectivity index (χ0v) is 13.7. The zero-order valence-electron chi connectivity index (χ0n) is 12.9. The summed E-state index contributed by atoms with van der Waals surface area (Å²) in [5, 5.41) is 0. The van der Waals surface area contributed by atoms with E-state index in [1.54, 1.807) is 0 Å². The fraction of sp³-hybridized carbons (Fsp3) is 0.100.